The summed E-state index contributed by atoms with van der Waals surface area (Å²) in [5, 5.41) is 2.51. The first-order valence-electron chi connectivity index (χ1n) is 52.1. The summed E-state index contributed by atoms with van der Waals surface area (Å²) in [5.41, 5.74) is 14.3. The third-order valence-electron chi connectivity index (χ3n) is 18.9. The van der Waals surface area contributed by atoms with Gasteiger partial charge in [-0.2, -0.15) is 0 Å². The number of rotatable bonds is 11. The van der Waals surface area contributed by atoms with Crippen LogP contribution in [0.1, 0.15) is 222 Å². The van der Waals surface area contributed by atoms with Gasteiger partial charge in [0, 0.05) is 170 Å². The average Bonchev–Trinajstić information content (AvgIpc) is 1.57. The van der Waals surface area contributed by atoms with E-state index in [0.29, 0.717) is 111 Å². The fourth-order valence-corrected chi connectivity index (χ4v) is 13.3. The Morgan fingerprint density at radius 3 is 1.15 bits per heavy atom. The summed E-state index contributed by atoms with van der Waals surface area (Å²) in [6.07, 6.45) is 8.76. The second-order valence-corrected chi connectivity index (χ2v) is 28.5. The Morgan fingerprint density at radius 2 is 0.736 bits per heavy atom. The SMILES string of the molecule is [2H]C([2H])([2H])c1c[c-]c(-c2cc(C([2H])(C)C([2H])([2H])[2H])c(C)cn2)c2oc3nc(C)cc(C([2H])(C)C)c3c12.[2H]C([2H])([2H])c1cc(C)nc2oc3c(-c4cc(C([2H])(C)C([2H])([2H])[2H])ccn4)[c-]cc(C([2H])(C)C)c3c12.[2H]C([2H])([2H])c1cc(C)nc2oc3c(-c4ccccn4)[c-]cc(C([2H])(C)C)c3c12.[2H]C([2H])([2H])c1ccc(-c2[c-]cccc2)nc1.[2H]C([2H])([2H])c1ccc(-c2[c-]cccc2)nc1.[2H]C([2H])([2H])c1ccc(-c2[c-]cccc2)nc1.[Ir].[Ir].[Ir]. The first kappa shape index (κ1) is 59.7. The van der Waals surface area contributed by atoms with Gasteiger partial charge in [0.1, 0.15) is 0 Å². The molecule has 12 heterocycles. The molecule has 18 aromatic rings. The maximum absolute atomic E-state index is 8.68. The van der Waals surface area contributed by atoms with Gasteiger partial charge in [-0.1, -0.05) is 176 Å². The zero-order chi connectivity index (χ0) is 108. The number of fused-ring (bicyclic) bond motifs is 9. The Balaban J connectivity index is 0.000000189. The molecule has 0 N–H and O–H groups in total. The van der Waals surface area contributed by atoms with E-state index < -0.39 is 84.3 Å². The molecule has 6 aromatic carbocycles. The van der Waals surface area contributed by atoms with E-state index in [0.717, 1.165) is 33.8 Å². The van der Waals surface area contributed by atoms with Gasteiger partial charge in [0.05, 0.1) is 16.7 Å². The van der Waals surface area contributed by atoms with Crippen LogP contribution >= 0.6 is 0 Å². The van der Waals surface area contributed by atoms with Gasteiger partial charge in [0.15, 0.2) is 0 Å². The Bertz CT molecular complexity index is 7570. The summed E-state index contributed by atoms with van der Waals surface area (Å²) in [5.74, 6) is -6.95. The first-order valence-corrected chi connectivity index (χ1v) is 37.6. The summed E-state index contributed by atoms with van der Waals surface area (Å²) in [4.78, 5) is 38.9. The van der Waals surface area contributed by atoms with E-state index in [1.807, 2.05) is 72.8 Å². The van der Waals surface area contributed by atoms with Crippen molar-refractivity contribution in [2.45, 2.75) is 167 Å². The van der Waals surface area contributed by atoms with E-state index >= 15 is 0 Å². The van der Waals surface area contributed by atoms with E-state index in [4.69, 9.17) is 53.0 Å². The van der Waals surface area contributed by atoms with Crippen LogP contribution in [0.25, 0.3) is 134 Å². The van der Waals surface area contributed by atoms with Crippen molar-refractivity contribution in [3.05, 3.63) is 339 Å². The van der Waals surface area contributed by atoms with Crippen molar-refractivity contribution in [1.82, 2.24) is 44.9 Å². The van der Waals surface area contributed by atoms with Crippen molar-refractivity contribution in [3.63, 3.8) is 0 Å². The third kappa shape index (κ3) is 21.5. The zero-order valence-electron chi connectivity index (χ0n) is 97.0. The molecule has 0 aliphatic carbocycles. The monoisotopic (exact) mass is 2160 g/mol. The van der Waals surface area contributed by atoms with Crippen LogP contribution in [0, 0.1) is 105 Å². The number of hydrogen-bond acceptors (Lipinski definition) is 12. The van der Waals surface area contributed by atoms with Crippen LogP contribution in [0.5, 0.6) is 0 Å². The molecule has 0 amide bonds. The van der Waals surface area contributed by atoms with Crippen molar-refractivity contribution in [3.8, 4) is 67.5 Å². The molecule has 0 fully saturated rings. The van der Waals surface area contributed by atoms with Crippen molar-refractivity contribution < 1.29 is 113 Å². The zero-order valence-corrected chi connectivity index (χ0v) is 75.2. The molecule has 18 rings (SSSR count). The minimum atomic E-state index is -2.59. The Hall–Kier alpha value is -11.0. The topological polar surface area (TPSA) is 155 Å². The predicted molar refractivity (Wildman–Crippen MR) is 484 cm³/mol. The minimum absolute atomic E-state index is 0. The quantitative estimate of drug-likeness (QED) is 0.113. The fraction of sp³-hybridized carbons (Fsp3) is 0.236. The molecule has 12 aromatic heterocycles. The number of furan rings is 3. The Kier molecular flexibility index (Phi) is 20.5. The molecule has 2 atom stereocenters. The van der Waals surface area contributed by atoms with Crippen LogP contribution in [-0.4, -0.2) is 44.9 Å². The second-order valence-electron chi connectivity index (χ2n) is 28.5. The predicted octanol–water partition coefficient (Wildman–Crippen LogP) is 27.9. The molecule has 3 radical (unpaired) electrons. The smallest absolute Gasteiger partial charge is 0.216 e. The largest absolute Gasteiger partial charge is 0.486 e. The third-order valence-corrected chi connectivity index (χ3v) is 18.9. The minimum Gasteiger partial charge on any atom is -0.486 e. The van der Waals surface area contributed by atoms with Crippen LogP contribution in [0.4, 0.5) is 0 Å². The van der Waals surface area contributed by atoms with Gasteiger partial charge in [-0.05, 0) is 199 Å². The van der Waals surface area contributed by atoms with Gasteiger partial charge in [0.2, 0.25) is 17.1 Å². The maximum atomic E-state index is 8.68. The number of nitrogens with zero attached hydrogens (tertiary/aromatic N) is 9. The molecule has 0 aliphatic rings. The summed E-state index contributed by atoms with van der Waals surface area (Å²) in [7, 11) is 0. The molecule has 12 nitrogen and oxygen atoms in total. The molecule has 0 aliphatic heterocycles. The van der Waals surface area contributed by atoms with Crippen molar-refractivity contribution in [2.75, 3.05) is 0 Å². The second kappa shape index (κ2) is 41.5. The molecular weight excluding hydrogens is 2020 g/mol. The summed E-state index contributed by atoms with van der Waals surface area (Å²) in [6.45, 7) is 1.13. The van der Waals surface area contributed by atoms with Gasteiger partial charge in [-0.3, -0.25) is 0 Å². The Labute approximate surface area is 794 Å². The van der Waals surface area contributed by atoms with E-state index in [2.05, 4.69) is 81.3 Å². The molecule has 0 saturated carbocycles. The molecule has 621 valence electrons. The molecule has 0 bridgehead atoms. The fourth-order valence-electron chi connectivity index (χ4n) is 13.3. The summed E-state index contributed by atoms with van der Waals surface area (Å²) in [6, 6.07) is 70.2. The van der Waals surface area contributed by atoms with Crippen LogP contribution in [0.15, 0.2) is 232 Å². The van der Waals surface area contributed by atoms with E-state index in [1.165, 1.54) is 75.2 Å². The van der Waals surface area contributed by atoms with Crippen molar-refractivity contribution in [2.24, 2.45) is 0 Å². The number of hydrogen-bond donors (Lipinski definition) is 0. The number of aromatic nitrogens is 9. The molecule has 15 heteroatoms. The van der Waals surface area contributed by atoms with Crippen molar-refractivity contribution >= 4 is 66.2 Å². The van der Waals surface area contributed by atoms with Crippen molar-refractivity contribution in [1.29, 1.82) is 0 Å². The summed E-state index contributed by atoms with van der Waals surface area (Å²) < 4.78 is 246. The van der Waals surface area contributed by atoms with Crippen LogP contribution < -0.4 is 0 Å². The first-order chi connectivity index (χ1) is 68.0. The van der Waals surface area contributed by atoms with Crippen LogP contribution in [-0.2, 0) is 60.3 Å². The van der Waals surface area contributed by atoms with E-state index in [9.17, 15) is 0 Å². The standard InChI is InChI=1S/C25H27N2O.C24H25N2O.C21H19N2O.3C12H10N.3Ir/c1-13(2)19-11-21(26-12-16(19)6)18-9-8-15(5)22-23-20(14(3)4)10-17(7)27-25(23)28-24(18)22;1-13(2)17-9-10-25-20(12-17)19-8-7-18(14(3)4)22-21-15(5)11-16(6)26-24(21)27-23(19)22;1-12(2)15-8-9-16(17-7-5-6-10-22-17)20-19(15)18-13(3)11-14(4)23-21(18)24-20;3*1-10-7-8-12(13-9-10)11-5-3-2-4-6-11;;;/h8,10-14H,1-7H3;7,9-14H,1-6H3;5-8,10-12H,1-4H3;3*2-5,7-9H,1H3;;;/q6*-1;;;/i2*1D3,5D3,13D,14D;3D3,12D;3*1D3;;;. The van der Waals surface area contributed by atoms with Crippen LogP contribution in [0.2, 0.25) is 0 Å². The summed E-state index contributed by atoms with van der Waals surface area (Å²) >= 11 is 0. The van der Waals surface area contributed by atoms with E-state index in [1.54, 1.807) is 154 Å². The van der Waals surface area contributed by atoms with Gasteiger partial charge < -0.3 is 43.2 Å². The van der Waals surface area contributed by atoms with Gasteiger partial charge in [-0.25, -0.2) is 15.0 Å². The molecular formula is C106H101Ir3N9O3-6. The molecule has 0 saturated heterocycles. The Morgan fingerprint density at radius 1 is 0.314 bits per heavy atom. The van der Waals surface area contributed by atoms with Crippen LogP contribution in [0.3, 0.4) is 0 Å². The van der Waals surface area contributed by atoms with Gasteiger partial charge in [0.25, 0.3) is 0 Å². The van der Waals surface area contributed by atoms with Gasteiger partial charge >= 0.3 is 0 Å². The van der Waals surface area contributed by atoms with Gasteiger partial charge in [-0.15, -0.1) is 161 Å². The number of pyridine rings is 9. The molecule has 121 heavy (non-hydrogen) atoms. The number of aryl methyl sites for hydroxylation is 10. The number of benzene rings is 6. The molecule has 0 spiro atoms. The average molecular weight is 2150 g/mol. The maximum Gasteiger partial charge on any atom is 0.216 e. The normalized spacial score (nSPS) is 16.6. The molecule has 2 unspecified atom stereocenters. The van der Waals surface area contributed by atoms with E-state index in [-0.39, 0.29) is 133 Å².